The number of nitrogens with two attached hydrogens (primary N) is 1. The number of ether oxygens (including phenoxy) is 1. The number of hydrogen-bond acceptors (Lipinski definition) is 3. The van der Waals surface area contributed by atoms with Gasteiger partial charge in [0.25, 0.3) is 0 Å². The standard InChI is InChI=1S/C11H18N2O/c1-3-5-9(2)14-8-10-6-4-7-11(12)13-10/h4,6-7,9H,3,5,8H2,1-2H3,(H2,12,13). The van der Waals surface area contributed by atoms with Crippen LogP contribution in [-0.2, 0) is 11.3 Å². The topological polar surface area (TPSA) is 48.1 Å². The Morgan fingerprint density at radius 3 is 2.93 bits per heavy atom. The minimum absolute atomic E-state index is 0.295. The Kier molecular flexibility index (Phi) is 4.40. The summed E-state index contributed by atoms with van der Waals surface area (Å²) < 4.78 is 5.61. The van der Waals surface area contributed by atoms with Crippen LogP contribution in [0.5, 0.6) is 0 Å². The number of pyridine rings is 1. The summed E-state index contributed by atoms with van der Waals surface area (Å²) >= 11 is 0. The number of hydrogen-bond donors (Lipinski definition) is 1. The van der Waals surface area contributed by atoms with Gasteiger partial charge in [0, 0.05) is 0 Å². The molecule has 0 aliphatic carbocycles. The Morgan fingerprint density at radius 2 is 2.29 bits per heavy atom. The van der Waals surface area contributed by atoms with E-state index in [9.17, 15) is 0 Å². The lowest BCUT2D eigenvalue weighted by Crippen LogP contribution is -2.08. The molecule has 1 aromatic rings. The lowest BCUT2D eigenvalue weighted by Gasteiger charge is -2.11. The quantitative estimate of drug-likeness (QED) is 0.782. The highest BCUT2D eigenvalue weighted by Crippen LogP contribution is 2.06. The van der Waals surface area contributed by atoms with Crippen molar-refractivity contribution in [3.8, 4) is 0 Å². The van der Waals surface area contributed by atoms with Crippen LogP contribution in [0, 0.1) is 0 Å². The molecule has 2 N–H and O–H groups in total. The van der Waals surface area contributed by atoms with E-state index in [0.29, 0.717) is 18.5 Å². The summed E-state index contributed by atoms with van der Waals surface area (Å²) in [5.74, 6) is 0.550. The smallest absolute Gasteiger partial charge is 0.123 e. The number of rotatable bonds is 5. The average molecular weight is 194 g/mol. The Morgan fingerprint density at radius 1 is 1.50 bits per heavy atom. The second kappa shape index (κ2) is 5.60. The molecule has 0 spiro atoms. The van der Waals surface area contributed by atoms with Crippen molar-refractivity contribution >= 4 is 5.82 Å². The van der Waals surface area contributed by atoms with Gasteiger partial charge in [-0.1, -0.05) is 19.4 Å². The van der Waals surface area contributed by atoms with E-state index in [0.717, 1.165) is 18.5 Å². The molecule has 0 saturated heterocycles. The molecule has 0 aliphatic rings. The summed E-state index contributed by atoms with van der Waals surface area (Å²) in [4.78, 5) is 4.16. The van der Waals surface area contributed by atoms with E-state index < -0.39 is 0 Å². The zero-order valence-electron chi connectivity index (χ0n) is 8.86. The van der Waals surface area contributed by atoms with E-state index in [1.165, 1.54) is 0 Å². The summed E-state index contributed by atoms with van der Waals surface area (Å²) in [7, 11) is 0. The first-order valence-corrected chi connectivity index (χ1v) is 5.05. The maximum atomic E-state index is 5.61. The molecule has 3 nitrogen and oxygen atoms in total. The maximum Gasteiger partial charge on any atom is 0.123 e. The zero-order chi connectivity index (χ0) is 10.4. The SMILES string of the molecule is CCCC(C)OCc1cccc(N)n1. The third-order valence-corrected chi connectivity index (χ3v) is 2.04. The van der Waals surface area contributed by atoms with Crippen LogP contribution in [0.3, 0.4) is 0 Å². The van der Waals surface area contributed by atoms with Crippen molar-refractivity contribution in [1.29, 1.82) is 0 Å². The fourth-order valence-electron chi connectivity index (χ4n) is 1.30. The molecule has 0 bridgehead atoms. The third kappa shape index (κ3) is 3.75. The highest BCUT2D eigenvalue weighted by molar-refractivity contribution is 5.28. The van der Waals surface area contributed by atoms with Gasteiger partial charge in [-0.05, 0) is 25.5 Å². The van der Waals surface area contributed by atoms with Gasteiger partial charge >= 0.3 is 0 Å². The van der Waals surface area contributed by atoms with Crippen molar-refractivity contribution in [2.75, 3.05) is 5.73 Å². The molecule has 1 unspecified atom stereocenters. The number of nitrogens with zero attached hydrogens (tertiary/aromatic N) is 1. The van der Waals surface area contributed by atoms with Gasteiger partial charge in [0.2, 0.25) is 0 Å². The van der Waals surface area contributed by atoms with Crippen LogP contribution < -0.4 is 5.73 Å². The first-order chi connectivity index (χ1) is 6.72. The second-order valence-corrected chi connectivity index (χ2v) is 3.46. The molecule has 0 aromatic carbocycles. The van der Waals surface area contributed by atoms with Gasteiger partial charge < -0.3 is 10.5 Å². The monoisotopic (exact) mass is 194 g/mol. The normalized spacial score (nSPS) is 12.7. The average Bonchev–Trinajstić information content (AvgIpc) is 2.15. The predicted octanol–water partition coefficient (Wildman–Crippen LogP) is 2.37. The van der Waals surface area contributed by atoms with E-state index in [2.05, 4.69) is 18.8 Å². The van der Waals surface area contributed by atoms with E-state index in [1.807, 2.05) is 12.1 Å². The first kappa shape index (κ1) is 11.0. The molecule has 14 heavy (non-hydrogen) atoms. The molecule has 0 fully saturated rings. The van der Waals surface area contributed by atoms with E-state index >= 15 is 0 Å². The lowest BCUT2D eigenvalue weighted by atomic mass is 10.2. The first-order valence-electron chi connectivity index (χ1n) is 5.05. The lowest BCUT2D eigenvalue weighted by molar-refractivity contribution is 0.0453. The van der Waals surface area contributed by atoms with Crippen molar-refractivity contribution < 1.29 is 4.74 Å². The van der Waals surface area contributed by atoms with Crippen LogP contribution >= 0.6 is 0 Å². The maximum absolute atomic E-state index is 5.61. The molecule has 1 rings (SSSR count). The van der Waals surface area contributed by atoms with E-state index in [-0.39, 0.29) is 0 Å². The predicted molar refractivity (Wildman–Crippen MR) is 57.8 cm³/mol. The van der Waals surface area contributed by atoms with Crippen LogP contribution in [-0.4, -0.2) is 11.1 Å². The highest BCUT2D eigenvalue weighted by Gasteiger charge is 2.01. The molecule has 1 aromatic heterocycles. The van der Waals surface area contributed by atoms with Gasteiger partial charge in [0.1, 0.15) is 5.82 Å². The Labute approximate surface area is 85.3 Å². The van der Waals surface area contributed by atoms with Crippen molar-refractivity contribution in [3.05, 3.63) is 23.9 Å². The summed E-state index contributed by atoms with van der Waals surface area (Å²) in [5.41, 5.74) is 6.45. The molecule has 1 atom stereocenters. The van der Waals surface area contributed by atoms with Crippen LogP contribution in [0.2, 0.25) is 0 Å². The molecular formula is C11H18N2O. The summed E-state index contributed by atoms with van der Waals surface area (Å²) in [6, 6.07) is 5.60. The van der Waals surface area contributed by atoms with Gasteiger partial charge in [0.05, 0.1) is 18.4 Å². The number of nitrogen functional groups attached to an aromatic ring is 1. The second-order valence-electron chi connectivity index (χ2n) is 3.46. The van der Waals surface area contributed by atoms with Gasteiger partial charge in [0.15, 0.2) is 0 Å². The Balaban J connectivity index is 2.37. The fraction of sp³-hybridized carbons (Fsp3) is 0.545. The van der Waals surface area contributed by atoms with Gasteiger partial charge in [-0.2, -0.15) is 0 Å². The van der Waals surface area contributed by atoms with Crippen molar-refractivity contribution in [2.24, 2.45) is 0 Å². The molecule has 0 aliphatic heterocycles. The zero-order valence-corrected chi connectivity index (χ0v) is 8.86. The minimum Gasteiger partial charge on any atom is -0.384 e. The van der Waals surface area contributed by atoms with Crippen LogP contribution in [0.1, 0.15) is 32.4 Å². The van der Waals surface area contributed by atoms with E-state index in [4.69, 9.17) is 10.5 Å². The molecule has 0 radical (unpaired) electrons. The number of aromatic nitrogens is 1. The largest absolute Gasteiger partial charge is 0.384 e. The van der Waals surface area contributed by atoms with E-state index in [1.54, 1.807) is 6.07 Å². The third-order valence-electron chi connectivity index (χ3n) is 2.04. The van der Waals surface area contributed by atoms with Crippen molar-refractivity contribution in [3.63, 3.8) is 0 Å². The highest BCUT2D eigenvalue weighted by atomic mass is 16.5. The molecule has 78 valence electrons. The van der Waals surface area contributed by atoms with Gasteiger partial charge in [-0.15, -0.1) is 0 Å². The van der Waals surface area contributed by atoms with Crippen LogP contribution in [0.15, 0.2) is 18.2 Å². The summed E-state index contributed by atoms with van der Waals surface area (Å²) in [6.45, 7) is 4.78. The van der Waals surface area contributed by atoms with Gasteiger partial charge in [-0.3, -0.25) is 0 Å². The van der Waals surface area contributed by atoms with Crippen LogP contribution in [0.4, 0.5) is 5.82 Å². The Hall–Kier alpha value is -1.09. The molecule has 0 amide bonds. The van der Waals surface area contributed by atoms with Gasteiger partial charge in [-0.25, -0.2) is 4.98 Å². The summed E-state index contributed by atoms with van der Waals surface area (Å²) in [5, 5.41) is 0. The number of anilines is 1. The van der Waals surface area contributed by atoms with Crippen molar-refractivity contribution in [1.82, 2.24) is 4.98 Å². The molecule has 1 heterocycles. The van der Waals surface area contributed by atoms with Crippen LogP contribution in [0.25, 0.3) is 0 Å². The molecular weight excluding hydrogens is 176 g/mol. The summed E-state index contributed by atoms with van der Waals surface area (Å²) in [6.07, 6.45) is 2.52. The molecule has 3 heteroatoms. The van der Waals surface area contributed by atoms with Crippen molar-refractivity contribution in [2.45, 2.75) is 39.4 Å². The molecule has 0 saturated carbocycles. The Bertz CT molecular complexity index is 276. The fourth-order valence-corrected chi connectivity index (χ4v) is 1.30. The minimum atomic E-state index is 0.295.